The number of H-pyrrole nitrogens is 1. The van der Waals surface area contributed by atoms with Crippen molar-refractivity contribution < 1.29 is 0 Å². The first-order valence-electron chi connectivity index (χ1n) is 8.34. The fourth-order valence-electron chi connectivity index (χ4n) is 3.67. The summed E-state index contributed by atoms with van der Waals surface area (Å²) in [6.45, 7) is 2.18. The first-order chi connectivity index (χ1) is 10.8. The van der Waals surface area contributed by atoms with Crippen LogP contribution in [0, 0.1) is 6.92 Å². The number of nitrogens with one attached hydrogen (secondary N) is 1. The minimum atomic E-state index is 0.379. The summed E-state index contributed by atoms with van der Waals surface area (Å²) in [7, 11) is 0. The molecule has 1 aliphatic carbocycles. The van der Waals surface area contributed by atoms with Crippen LogP contribution >= 0.6 is 23.5 Å². The van der Waals surface area contributed by atoms with Gasteiger partial charge in [0, 0.05) is 17.1 Å². The number of rotatable bonds is 1. The third-order valence-corrected chi connectivity index (χ3v) is 8.41. The molecular formula is C19H23NS2. The molecule has 4 rings (SSSR count). The molecule has 1 aromatic heterocycles. The molecule has 0 unspecified atom stereocenters. The van der Waals surface area contributed by atoms with Crippen molar-refractivity contribution in [1.82, 2.24) is 4.98 Å². The molecule has 1 aromatic carbocycles. The highest BCUT2D eigenvalue weighted by atomic mass is 32.2. The van der Waals surface area contributed by atoms with Crippen molar-refractivity contribution in [2.75, 3.05) is 11.5 Å². The zero-order valence-corrected chi connectivity index (χ0v) is 14.8. The molecule has 0 bridgehead atoms. The smallest absolute Gasteiger partial charge is 0.0823 e. The van der Waals surface area contributed by atoms with Gasteiger partial charge in [0.15, 0.2) is 0 Å². The molecule has 1 N–H and O–H groups in total. The molecule has 22 heavy (non-hydrogen) atoms. The molecular weight excluding hydrogens is 306 g/mol. The van der Waals surface area contributed by atoms with Gasteiger partial charge in [-0.15, -0.1) is 23.5 Å². The van der Waals surface area contributed by atoms with Gasteiger partial charge in [-0.25, -0.2) is 0 Å². The van der Waals surface area contributed by atoms with E-state index < -0.39 is 0 Å². The normalized spacial score (nSPS) is 23.4. The van der Waals surface area contributed by atoms with Crippen molar-refractivity contribution in [3.8, 4) is 0 Å². The Morgan fingerprint density at radius 3 is 2.86 bits per heavy atom. The van der Waals surface area contributed by atoms with E-state index in [1.165, 1.54) is 65.6 Å². The maximum atomic E-state index is 3.44. The highest BCUT2D eigenvalue weighted by molar-refractivity contribution is 8.19. The van der Waals surface area contributed by atoms with Crippen LogP contribution in [-0.4, -0.2) is 20.6 Å². The van der Waals surface area contributed by atoms with Crippen LogP contribution in [-0.2, 0) is 0 Å². The first kappa shape index (κ1) is 14.8. The zero-order chi connectivity index (χ0) is 15.0. The minimum absolute atomic E-state index is 0.379. The van der Waals surface area contributed by atoms with Gasteiger partial charge in [-0.3, -0.25) is 0 Å². The maximum Gasteiger partial charge on any atom is 0.0823 e. The second kappa shape index (κ2) is 6.01. The van der Waals surface area contributed by atoms with Gasteiger partial charge in [-0.2, -0.15) is 0 Å². The van der Waals surface area contributed by atoms with Crippen LogP contribution < -0.4 is 0 Å². The molecule has 1 aliphatic heterocycles. The molecule has 0 amide bonds. The fourth-order valence-corrected chi connectivity index (χ4v) is 7.20. The molecule has 3 heteroatoms. The van der Waals surface area contributed by atoms with Crippen LogP contribution in [0.4, 0.5) is 0 Å². The van der Waals surface area contributed by atoms with E-state index in [1.54, 1.807) is 5.57 Å². The predicted octanol–water partition coefficient (Wildman–Crippen LogP) is 6.00. The van der Waals surface area contributed by atoms with Crippen LogP contribution in [0.25, 0.3) is 17.0 Å². The summed E-state index contributed by atoms with van der Waals surface area (Å²) in [5.74, 6) is 2.66. The lowest BCUT2D eigenvalue weighted by molar-refractivity contribution is 0.587. The minimum Gasteiger partial charge on any atom is -0.361 e. The van der Waals surface area contributed by atoms with Crippen LogP contribution in [0.1, 0.15) is 43.2 Å². The Morgan fingerprint density at radius 2 is 2.00 bits per heavy atom. The topological polar surface area (TPSA) is 15.8 Å². The van der Waals surface area contributed by atoms with Crippen molar-refractivity contribution in [2.45, 2.75) is 43.1 Å². The lowest BCUT2D eigenvalue weighted by Gasteiger charge is -2.41. The van der Waals surface area contributed by atoms with Gasteiger partial charge in [0.25, 0.3) is 0 Å². The second-order valence-electron chi connectivity index (χ2n) is 6.47. The zero-order valence-electron chi connectivity index (χ0n) is 13.2. The lowest BCUT2D eigenvalue weighted by Crippen LogP contribution is -2.30. The van der Waals surface area contributed by atoms with Gasteiger partial charge in [-0.1, -0.05) is 24.1 Å². The van der Waals surface area contributed by atoms with E-state index in [2.05, 4.69) is 65.9 Å². The Labute approximate surface area is 141 Å². The van der Waals surface area contributed by atoms with Gasteiger partial charge in [0.2, 0.25) is 0 Å². The van der Waals surface area contributed by atoms with Gasteiger partial charge in [0.1, 0.15) is 0 Å². The molecule has 1 spiro atoms. The Hall–Kier alpha value is -0.800. The number of hydrogen-bond donors (Lipinski definition) is 1. The van der Waals surface area contributed by atoms with Gasteiger partial charge < -0.3 is 4.98 Å². The first-order valence-corrected chi connectivity index (χ1v) is 10.3. The molecule has 2 heterocycles. The van der Waals surface area contributed by atoms with E-state index >= 15 is 0 Å². The summed E-state index contributed by atoms with van der Waals surface area (Å²) in [6.07, 6.45) is 11.4. The molecule has 0 radical (unpaired) electrons. The van der Waals surface area contributed by atoms with Gasteiger partial charge >= 0.3 is 0 Å². The number of benzene rings is 1. The van der Waals surface area contributed by atoms with E-state index in [0.717, 1.165) is 0 Å². The fraction of sp³-hybridized carbons (Fsp3) is 0.474. The van der Waals surface area contributed by atoms with Crippen LogP contribution in [0.2, 0.25) is 0 Å². The quantitative estimate of drug-likeness (QED) is 0.690. The van der Waals surface area contributed by atoms with Crippen molar-refractivity contribution in [1.29, 1.82) is 0 Å². The molecule has 1 nitrogen and oxygen atoms in total. The second-order valence-corrected chi connectivity index (χ2v) is 9.52. The van der Waals surface area contributed by atoms with Crippen LogP contribution in [0.3, 0.4) is 0 Å². The van der Waals surface area contributed by atoms with Crippen molar-refractivity contribution in [2.24, 2.45) is 0 Å². The Bertz CT molecular complexity index is 699. The van der Waals surface area contributed by atoms with Gasteiger partial charge in [-0.05, 0) is 67.4 Å². The van der Waals surface area contributed by atoms with E-state index in [0.29, 0.717) is 4.08 Å². The molecule has 2 fully saturated rings. The molecule has 116 valence electrons. The van der Waals surface area contributed by atoms with E-state index in [9.17, 15) is 0 Å². The number of aromatic amines is 1. The van der Waals surface area contributed by atoms with Crippen LogP contribution in [0.15, 0.2) is 30.0 Å². The highest BCUT2D eigenvalue weighted by Crippen LogP contribution is 2.54. The van der Waals surface area contributed by atoms with Crippen molar-refractivity contribution in [3.63, 3.8) is 0 Å². The standard InChI is InChI=1S/C19H23NS2/c1-14-6-7-18-17(11-14)15(13-20-18)12-16-5-2-3-8-19(16)21-9-4-10-22-19/h6-7,11-13,20H,2-5,8-10H2,1H3/b16-12+. The number of aromatic nitrogens is 1. The van der Waals surface area contributed by atoms with Gasteiger partial charge in [0.05, 0.1) is 4.08 Å². The third-order valence-electron chi connectivity index (χ3n) is 4.85. The van der Waals surface area contributed by atoms with E-state index in [4.69, 9.17) is 0 Å². The number of hydrogen-bond acceptors (Lipinski definition) is 2. The largest absolute Gasteiger partial charge is 0.361 e. The van der Waals surface area contributed by atoms with Crippen LogP contribution in [0.5, 0.6) is 0 Å². The highest BCUT2D eigenvalue weighted by Gasteiger charge is 2.38. The predicted molar refractivity (Wildman–Crippen MR) is 102 cm³/mol. The average Bonchev–Trinajstić information content (AvgIpc) is 2.93. The summed E-state index contributed by atoms with van der Waals surface area (Å²) in [5, 5.41) is 1.37. The molecule has 1 saturated heterocycles. The number of aryl methyl sites for hydroxylation is 1. The number of fused-ring (bicyclic) bond motifs is 1. The van der Waals surface area contributed by atoms with Crippen molar-refractivity contribution in [3.05, 3.63) is 41.1 Å². The molecule has 1 saturated carbocycles. The summed E-state index contributed by atoms with van der Waals surface area (Å²) < 4.78 is 0.379. The summed E-state index contributed by atoms with van der Waals surface area (Å²) >= 11 is 4.42. The maximum absolute atomic E-state index is 3.44. The van der Waals surface area contributed by atoms with E-state index in [-0.39, 0.29) is 0 Å². The molecule has 2 aromatic rings. The monoisotopic (exact) mass is 329 g/mol. The number of thioether (sulfide) groups is 2. The Morgan fingerprint density at radius 1 is 1.14 bits per heavy atom. The average molecular weight is 330 g/mol. The summed E-state index contributed by atoms with van der Waals surface area (Å²) in [5.41, 5.74) is 5.65. The van der Waals surface area contributed by atoms with Crippen molar-refractivity contribution >= 4 is 40.5 Å². The SMILES string of the molecule is Cc1ccc2[nH]cc(/C=C3\CCCCC34SCCCS4)c2c1. The summed E-state index contributed by atoms with van der Waals surface area (Å²) in [6, 6.07) is 6.70. The Balaban J connectivity index is 1.76. The lowest BCUT2D eigenvalue weighted by atomic mass is 9.92. The Kier molecular flexibility index (Phi) is 4.04. The van der Waals surface area contributed by atoms with E-state index in [1.807, 2.05) is 0 Å². The molecule has 2 aliphatic rings. The summed E-state index contributed by atoms with van der Waals surface area (Å²) in [4.78, 5) is 3.44. The third kappa shape index (κ3) is 2.63. The molecule has 0 atom stereocenters.